The number of hydrogen-bond acceptors (Lipinski definition) is 4. The normalized spacial score (nSPS) is 19.9. The first-order valence-corrected chi connectivity index (χ1v) is 11.3. The number of methoxy groups -OCH3 is 2. The van der Waals surface area contributed by atoms with E-state index in [2.05, 4.69) is 24.3 Å². The van der Waals surface area contributed by atoms with Gasteiger partial charge in [0.15, 0.2) is 17.3 Å². The lowest BCUT2D eigenvalue weighted by atomic mass is 9.75. The molecule has 0 radical (unpaired) electrons. The van der Waals surface area contributed by atoms with Crippen molar-refractivity contribution >= 4 is 23.9 Å². The first-order chi connectivity index (χ1) is 15.7. The molecule has 1 aliphatic heterocycles. The minimum absolute atomic E-state index is 0. The molecule has 0 N–H and O–H groups in total. The third kappa shape index (κ3) is 3.27. The number of nitrogens with zero attached hydrogens (tertiary/aromatic N) is 1. The maximum Gasteiger partial charge on any atom is 0.194 e. The molecule has 0 amide bonds. The van der Waals surface area contributed by atoms with Crippen molar-refractivity contribution in [2.45, 2.75) is 37.6 Å². The van der Waals surface area contributed by atoms with Crippen LogP contribution >= 0.6 is 12.4 Å². The Labute approximate surface area is 200 Å². The summed E-state index contributed by atoms with van der Waals surface area (Å²) < 4.78 is 11.2. The Morgan fingerprint density at radius 3 is 2.27 bits per heavy atom. The Kier molecular flexibility index (Phi) is 5.49. The SMILES string of the molecule is COc1cc2c(cc1OC)[C@@H]1CCCC[C@@H]1N=C2c1ccc2c(c1)C(=O)c1ccccc1-2.Cl. The highest BCUT2D eigenvalue weighted by Gasteiger charge is 2.35. The third-order valence-electron chi connectivity index (χ3n) is 7.23. The fourth-order valence-electron chi connectivity index (χ4n) is 5.68. The average molecular weight is 460 g/mol. The second-order valence-corrected chi connectivity index (χ2v) is 8.87. The van der Waals surface area contributed by atoms with Gasteiger partial charge in [0.25, 0.3) is 0 Å². The standard InChI is InChI=1S/C28H25NO3.ClH/c1-31-25-14-21-19-8-5-6-10-24(19)29-27(22(21)15-26(25)32-2)16-11-12-18-17-7-3-4-9-20(17)28(30)23(18)13-16;/h3-4,7,9,11-15,19,24H,5-6,8,10H2,1-2H3;1H/t19-,24-;/m0./s1. The topological polar surface area (TPSA) is 47.9 Å². The summed E-state index contributed by atoms with van der Waals surface area (Å²) in [7, 11) is 3.35. The molecule has 3 aromatic rings. The van der Waals surface area contributed by atoms with Gasteiger partial charge in [0.05, 0.1) is 26.0 Å². The van der Waals surface area contributed by atoms with E-state index in [0.717, 1.165) is 57.7 Å². The first kappa shape index (κ1) is 21.7. The molecule has 2 aliphatic carbocycles. The minimum Gasteiger partial charge on any atom is -0.493 e. The first-order valence-electron chi connectivity index (χ1n) is 11.3. The molecule has 3 aliphatic rings. The summed E-state index contributed by atoms with van der Waals surface area (Å²) in [5.74, 6) is 1.97. The van der Waals surface area contributed by atoms with Gasteiger partial charge in [-0.15, -0.1) is 12.4 Å². The number of rotatable bonds is 3. The molecule has 0 aromatic heterocycles. The number of hydrogen-bond donors (Lipinski definition) is 0. The molecule has 1 heterocycles. The van der Waals surface area contributed by atoms with Crippen LogP contribution in [-0.2, 0) is 0 Å². The van der Waals surface area contributed by atoms with Crippen molar-refractivity contribution in [3.8, 4) is 22.6 Å². The van der Waals surface area contributed by atoms with Crippen LogP contribution in [0.2, 0.25) is 0 Å². The molecule has 168 valence electrons. The van der Waals surface area contributed by atoms with Crippen LogP contribution in [0.15, 0.2) is 59.6 Å². The number of fused-ring (bicyclic) bond motifs is 6. The molecule has 4 nitrogen and oxygen atoms in total. The van der Waals surface area contributed by atoms with E-state index in [0.29, 0.717) is 11.7 Å². The quantitative estimate of drug-likeness (QED) is 0.365. The van der Waals surface area contributed by atoms with Crippen LogP contribution in [0.1, 0.15) is 64.2 Å². The predicted molar refractivity (Wildman–Crippen MR) is 133 cm³/mol. The Balaban J connectivity index is 0.00000228. The van der Waals surface area contributed by atoms with Gasteiger partial charge < -0.3 is 9.47 Å². The van der Waals surface area contributed by atoms with E-state index >= 15 is 0 Å². The van der Waals surface area contributed by atoms with Crippen molar-refractivity contribution in [3.05, 3.63) is 82.4 Å². The summed E-state index contributed by atoms with van der Waals surface area (Å²) in [6.07, 6.45) is 4.67. The van der Waals surface area contributed by atoms with Crippen molar-refractivity contribution < 1.29 is 14.3 Å². The zero-order chi connectivity index (χ0) is 21.8. The molecule has 0 saturated heterocycles. The molecule has 1 saturated carbocycles. The van der Waals surface area contributed by atoms with Gasteiger partial charge in [0, 0.05) is 28.2 Å². The van der Waals surface area contributed by atoms with E-state index in [1.54, 1.807) is 14.2 Å². The summed E-state index contributed by atoms with van der Waals surface area (Å²) in [6, 6.07) is 18.5. The van der Waals surface area contributed by atoms with Gasteiger partial charge >= 0.3 is 0 Å². The van der Waals surface area contributed by atoms with E-state index in [1.165, 1.54) is 18.4 Å². The number of carbonyl (C=O) groups is 1. The largest absolute Gasteiger partial charge is 0.493 e. The van der Waals surface area contributed by atoms with E-state index in [4.69, 9.17) is 14.5 Å². The van der Waals surface area contributed by atoms with Crippen LogP contribution in [0.4, 0.5) is 0 Å². The number of halogens is 1. The summed E-state index contributed by atoms with van der Waals surface area (Å²) in [5, 5.41) is 0. The van der Waals surface area contributed by atoms with Crippen LogP contribution in [0.3, 0.4) is 0 Å². The van der Waals surface area contributed by atoms with Crippen molar-refractivity contribution in [3.63, 3.8) is 0 Å². The highest BCUT2D eigenvalue weighted by Crippen LogP contribution is 2.45. The molecule has 2 atom stereocenters. The highest BCUT2D eigenvalue weighted by atomic mass is 35.5. The van der Waals surface area contributed by atoms with Crippen molar-refractivity contribution in [2.75, 3.05) is 14.2 Å². The lowest BCUT2D eigenvalue weighted by Gasteiger charge is -2.35. The van der Waals surface area contributed by atoms with Gasteiger partial charge in [-0.1, -0.05) is 49.2 Å². The van der Waals surface area contributed by atoms with Crippen LogP contribution in [0.25, 0.3) is 11.1 Å². The zero-order valence-electron chi connectivity index (χ0n) is 18.8. The number of ketones is 1. The minimum atomic E-state index is 0. The Bertz CT molecular complexity index is 1300. The molecule has 1 fully saturated rings. The third-order valence-corrected chi connectivity index (χ3v) is 7.23. The van der Waals surface area contributed by atoms with Gasteiger partial charge in [-0.05, 0) is 47.7 Å². The predicted octanol–water partition coefficient (Wildman–Crippen LogP) is 6.21. The number of benzene rings is 3. The summed E-state index contributed by atoms with van der Waals surface area (Å²) in [6.45, 7) is 0. The molecule has 3 aromatic carbocycles. The van der Waals surface area contributed by atoms with E-state index in [1.807, 2.05) is 30.3 Å². The number of carbonyl (C=O) groups excluding carboxylic acids is 1. The number of ether oxygens (including phenoxy) is 2. The highest BCUT2D eigenvalue weighted by molar-refractivity contribution is 6.23. The molecule has 6 rings (SSSR count). The van der Waals surface area contributed by atoms with Crippen LogP contribution < -0.4 is 9.47 Å². The smallest absolute Gasteiger partial charge is 0.194 e. The monoisotopic (exact) mass is 459 g/mol. The Morgan fingerprint density at radius 1 is 0.788 bits per heavy atom. The Hall–Kier alpha value is -3.11. The van der Waals surface area contributed by atoms with Gasteiger partial charge in [-0.2, -0.15) is 0 Å². The second-order valence-electron chi connectivity index (χ2n) is 8.87. The summed E-state index contributed by atoms with van der Waals surface area (Å²) >= 11 is 0. The maximum absolute atomic E-state index is 13.1. The van der Waals surface area contributed by atoms with E-state index in [9.17, 15) is 4.79 Å². The fourth-order valence-corrected chi connectivity index (χ4v) is 5.68. The molecule has 0 bridgehead atoms. The van der Waals surface area contributed by atoms with Gasteiger partial charge in [-0.3, -0.25) is 9.79 Å². The maximum atomic E-state index is 13.1. The summed E-state index contributed by atoms with van der Waals surface area (Å²) in [5.41, 5.74) is 7.89. The zero-order valence-corrected chi connectivity index (χ0v) is 19.6. The van der Waals surface area contributed by atoms with E-state index in [-0.39, 0.29) is 24.2 Å². The molecule has 0 spiro atoms. The molecular weight excluding hydrogens is 434 g/mol. The lowest BCUT2D eigenvalue weighted by Crippen LogP contribution is -2.29. The average Bonchev–Trinajstić information content (AvgIpc) is 3.14. The van der Waals surface area contributed by atoms with Gasteiger partial charge in [-0.25, -0.2) is 0 Å². The molecule has 33 heavy (non-hydrogen) atoms. The van der Waals surface area contributed by atoms with E-state index < -0.39 is 0 Å². The van der Waals surface area contributed by atoms with Gasteiger partial charge in [0.2, 0.25) is 0 Å². The second kappa shape index (κ2) is 8.35. The Morgan fingerprint density at radius 2 is 1.48 bits per heavy atom. The van der Waals surface area contributed by atoms with Gasteiger partial charge in [0.1, 0.15) is 0 Å². The van der Waals surface area contributed by atoms with Crippen LogP contribution in [0.5, 0.6) is 11.5 Å². The van der Waals surface area contributed by atoms with Crippen molar-refractivity contribution in [2.24, 2.45) is 4.99 Å². The fraction of sp³-hybridized carbons (Fsp3) is 0.286. The van der Waals surface area contributed by atoms with Crippen molar-refractivity contribution in [1.29, 1.82) is 0 Å². The molecule has 5 heteroatoms. The lowest BCUT2D eigenvalue weighted by molar-refractivity contribution is 0.104. The molecular formula is C28H26ClNO3. The number of aliphatic imine (C=N–C) groups is 1. The van der Waals surface area contributed by atoms with Crippen LogP contribution in [-0.4, -0.2) is 31.8 Å². The summed E-state index contributed by atoms with van der Waals surface area (Å²) in [4.78, 5) is 18.4. The van der Waals surface area contributed by atoms with Crippen molar-refractivity contribution in [1.82, 2.24) is 0 Å². The molecule has 0 unspecified atom stereocenters. The van der Waals surface area contributed by atoms with Crippen LogP contribution in [0, 0.1) is 0 Å².